The number of aromatic nitrogens is 1. The number of nitrogens with one attached hydrogen (secondary N) is 4. The Morgan fingerprint density at radius 1 is 1.25 bits per heavy atom. The van der Waals surface area contributed by atoms with E-state index in [1.807, 2.05) is 42.5 Å². The van der Waals surface area contributed by atoms with Gasteiger partial charge < -0.3 is 20.1 Å². The largest absolute Gasteiger partial charge is 0.492 e. The molecule has 4 aliphatic heterocycles. The summed E-state index contributed by atoms with van der Waals surface area (Å²) in [4.78, 5) is 19.5. The number of aliphatic hydroxyl groups is 1. The third-order valence-electron chi connectivity index (χ3n) is 7.75. The molecule has 1 amide bonds. The number of carbonyl (C=O) groups is 1. The minimum Gasteiger partial charge on any atom is -0.492 e. The smallest absolute Gasteiger partial charge is 0.254 e. The monoisotopic (exact) mass is 551 g/mol. The minimum absolute atomic E-state index is 0.000832. The Morgan fingerprint density at radius 2 is 2.08 bits per heavy atom. The van der Waals surface area contributed by atoms with E-state index in [1.165, 1.54) is 5.57 Å². The predicted octanol–water partition coefficient (Wildman–Crippen LogP) is 1.90. The van der Waals surface area contributed by atoms with Gasteiger partial charge in [0.1, 0.15) is 29.4 Å². The number of hydrogen-bond donors (Lipinski definition) is 5. The third kappa shape index (κ3) is 4.83. The summed E-state index contributed by atoms with van der Waals surface area (Å²) in [6.45, 7) is 3.94. The Morgan fingerprint density at radius 3 is 2.80 bits per heavy atom. The second-order valence-corrected chi connectivity index (χ2v) is 10.2. The van der Waals surface area contributed by atoms with Crippen LogP contribution in [0.3, 0.4) is 0 Å². The molecule has 0 saturated carbocycles. The molecule has 1 aromatic carbocycles. The van der Waals surface area contributed by atoms with Crippen molar-refractivity contribution in [2.24, 2.45) is 0 Å². The average molecular weight is 552 g/mol. The lowest BCUT2D eigenvalue weighted by molar-refractivity contribution is 0.0783. The van der Waals surface area contributed by atoms with E-state index in [-0.39, 0.29) is 18.3 Å². The van der Waals surface area contributed by atoms with Crippen LogP contribution in [-0.4, -0.2) is 65.6 Å². The molecule has 10 nitrogen and oxygen atoms in total. The van der Waals surface area contributed by atoms with E-state index < -0.39 is 23.1 Å². The number of nitrogens with zero attached hydrogens (tertiary/aromatic N) is 3. The lowest BCUT2D eigenvalue weighted by Gasteiger charge is -2.41. The fourth-order valence-corrected chi connectivity index (χ4v) is 5.57. The number of allylic oxidation sites excluding steroid dienone is 2. The van der Waals surface area contributed by atoms with Gasteiger partial charge in [-0.3, -0.25) is 15.2 Å². The Hall–Kier alpha value is -3.84. The lowest BCUT2D eigenvalue weighted by atomic mass is 9.87. The molecule has 40 heavy (non-hydrogen) atoms. The zero-order valence-electron chi connectivity index (χ0n) is 22.0. The number of rotatable bonds is 7. The molecule has 1 unspecified atom stereocenters. The van der Waals surface area contributed by atoms with Crippen molar-refractivity contribution in [1.29, 1.82) is 0 Å². The molecule has 12 heteroatoms. The average Bonchev–Trinajstić information content (AvgIpc) is 3.56. The summed E-state index contributed by atoms with van der Waals surface area (Å²) in [6, 6.07) is 6.73. The van der Waals surface area contributed by atoms with Crippen LogP contribution in [0.1, 0.15) is 35.7 Å². The number of hydrogen-bond acceptors (Lipinski definition) is 9. The molecule has 1 atom stereocenters. The van der Waals surface area contributed by atoms with Gasteiger partial charge in [-0.1, -0.05) is 0 Å². The molecule has 6 rings (SSSR count). The number of amides is 1. The Labute approximate surface area is 230 Å². The Balaban J connectivity index is 1.17. The summed E-state index contributed by atoms with van der Waals surface area (Å²) in [6.07, 6.45) is 6.65. The van der Waals surface area contributed by atoms with Crippen LogP contribution in [0.15, 0.2) is 65.8 Å². The van der Waals surface area contributed by atoms with E-state index in [0.29, 0.717) is 39.1 Å². The fraction of sp³-hybridized carbons (Fsp3) is 0.357. The van der Waals surface area contributed by atoms with Crippen LogP contribution in [0.2, 0.25) is 0 Å². The molecule has 2 aromatic rings. The number of benzene rings is 1. The maximum absolute atomic E-state index is 14.1. The van der Waals surface area contributed by atoms with Crippen LogP contribution < -0.4 is 26.5 Å². The first-order chi connectivity index (χ1) is 19.4. The predicted molar refractivity (Wildman–Crippen MR) is 144 cm³/mol. The topological polar surface area (TPSA) is 114 Å². The standard InChI is InChI=1S/C28H31F2N7O3/c1-2-40-19-12-20(25-22-14-32-34-26(22)35-37(25)15-19)17-3-6-24(31-13-17)36-9-7-28(16-38,8-10-36)33-27(39)21-11-18(29)4-5-23(21)30/h3-6,11-13,15,26,32,34-35,38H,2,7-10,14,16H2,1H3,(H,33,39). The number of halogens is 2. The number of ether oxygens (including phenoxy) is 1. The van der Waals surface area contributed by atoms with Crippen molar-refractivity contribution in [2.75, 3.05) is 37.7 Å². The number of fused-ring (bicyclic) bond motifs is 2. The molecular formula is C28H31F2N7O3. The van der Waals surface area contributed by atoms with Gasteiger partial charge in [0.15, 0.2) is 0 Å². The highest BCUT2D eigenvalue weighted by Crippen LogP contribution is 2.38. The van der Waals surface area contributed by atoms with Crippen molar-refractivity contribution in [3.05, 3.63) is 88.6 Å². The van der Waals surface area contributed by atoms with Crippen molar-refractivity contribution in [1.82, 2.24) is 31.6 Å². The summed E-state index contributed by atoms with van der Waals surface area (Å²) in [7, 11) is 0. The van der Waals surface area contributed by atoms with Crippen LogP contribution in [0.25, 0.3) is 5.57 Å². The van der Waals surface area contributed by atoms with Crippen LogP contribution in [0.5, 0.6) is 0 Å². The number of aliphatic hydroxyl groups excluding tert-OH is 1. The van der Waals surface area contributed by atoms with Crippen molar-refractivity contribution < 1.29 is 23.4 Å². The summed E-state index contributed by atoms with van der Waals surface area (Å²) in [5.41, 5.74) is 12.7. The molecule has 5 heterocycles. The Kier molecular flexibility index (Phi) is 7.00. The van der Waals surface area contributed by atoms with E-state index >= 15 is 0 Å². The number of piperidine rings is 1. The number of pyridine rings is 1. The molecule has 4 aliphatic rings. The fourth-order valence-electron chi connectivity index (χ4n) is 5.57. The molecule has 5 N–H and O–H groups in total. The zero-order valence-corrected chi connectivity index (χ0v) is 22.0. The SMILES string of the molecule is CCOC1=CN2NC3NNCC3=C2C(c2ccc(N3CCC(CO)(NC(=O)c4cc(F)ccc4F)CC3)nc2)=C1. The van der Waals surface area contributed by atoms with E-state index in [1.54, 1.807) is 0 Å². The summed E-state index contributed by atoms with van der Waals surface area (Å²) >= 11 is 0. The van der Waals surface area contributed by atoms with Gasteiger partial charge in [0.2, 0.25) is 0 Å². The first kappa shape index (κ1) is 26.4. The van der Waals surface area contributed by atoms with E-state index in [9.17, 15) is 18.7 Å². The maximum atomic E-state index is 14.1. The molecule has 0 bridgehead atoms. The van der Waals surface area contributed by atoms with Gasteiger partial charge in [-0.2, -0.15) is 0 Å². The molecule has 0 spiro atoms. The zero-order chi connectivity index (χ0) is 27.9. The van der Waals surface area contributed by atoms with Crippen LogP contribution in [0, 0.1) is 11.6 Å². The quantitative estimate of drug-likeness (QED) is 0.352. The maximum Gasteiger partial charge on any atom is 0.254 e. The van der Waals surface area contributed by atoms with E-state index in [2.05, 4.69) is 26.5 Å². The van der Waals surface area contributed by atoms with Gasteiger partial charge in [0.25, 0.3) is 5.91 Å². The van der Waals surface area contributed by atoms with Gasteiger partial charge >= 0.3 is 0 Å². The first-order valence-corrected chi connectivity index (χ1v) is 13.3. The van der Waals surface area contributed by atoms with Gasteiger partial charge in [-0.15, -0.1) is 0 Å². The van der Waals surface area contributed by atoms with Gasteiger partial charge in [-0.25, -0.2) is 24.6 Å². The molecular weight excluding hydrogens is 520 g/mol. The van der Waals surface area contributed by atoms with Crippen molar-refractivity contribution in [3.8, 4) is 0 Å². The molecule has 1 aromatic heterocycles. The summed E-state index contributed by atoms with van der Waals surface area (Å²) < 4.78 is 33.5. The highest BCUT2D eigenvalue weighted by molar-refractivity contribution is 5.95. The Bertz CT molecular complexity index is 1400. The highest BCUT2D eigenvalue weighted by atomic mass is 19.1. The second-order valence-electron chi connectivity index (χ2n) is 10.2. The van der Waals surface area contributed by atoms with Crippen molar-refractivity contribution in [3.63, 3.8) is 0 Å². The van der Waals surface area contributed by atoms with Gasteiger partial charge in [0, 0.05) is 42.5 Å². The van der Waals surface area contributed by atoms with E-state index in [4.69, 9.17) is 9.72 Å². The van der Waals surface area contributed by atoms with Gasteiger partial charge in [0.05, 0.1) is 36.2 Å². The van der Waals surface area contributed by atoms with Crippen LogP contribution in [-0.2, 0) is 4.74 Å². The van der Waals surface area contributed by atoms with E-state index in [0.717, 1.165) is 46.6 Å². The number of anilines is 1. The van der Waals surface area contributed by atoms with Crippen LogP contribution in [0.4, 0.5) is 14.6 Å². The summed E-state index contributed by atoms with van der Waals surface area (Å²) in [5.74, 6) is -0.731. The first-order valence-electron chi connectivity index (χ1n) is 13.3. The van der Waals surface area contributed by atoms with Gasteiger partial charge in [-0.05, 0) is 56.2 Å². The molecule has 210 valence electrons. The normalized spacial score (nSPS) is 21.6. The van der Waals surface area contributed by atoms with Crippen molar-refractivity contribution >= 4 is 17.3 Å². The lowest BCUT2D eigenvalue weighted by Crippen LogP contribution is -2.57. The molecule has 2 fully saturated rings. The second kappa shape index (κ2) is 10.6. The molecule has 0 radical (unpaired) electrons. The molecule has 0 aliphatic carbocycles. The van der Waals surface area contributed by atoms with Crippen LogP contribution >= 0.6 is 0 Å². The molecule has 2 saturated heterocycles. The minimum atomic E-state index is -0.937. The third-order valence-corrected chi connectivity index (χ3v) is 7.75. The summed E-state index contributed by atoms with van der Waals surface area (Å²) in [5, 5.41) is 14.9. The number of hydrazine groups is 2. The number of carbonyl (C=O) groups excluding carboxylic acids is 1. The van der Waals surface area contributed by atoms with Crippen molar-refractivity contribution in [2.45, 2.75) is 31.5 Å². The highest BCUT2D eigenvalue weighted by Gasteiger charge is 2.38.